The highest BCUT2D eigenvalue weighted by Gasteiger charge is 2.31. The van der Waals surface area contributed by atoms with E-state index in [1.807, 2.05) is 30.3 Å². The van der Waals surface area contributed by atoms with Crippen LogP contribution in [0.25, 0.3) is 0 Å². The largest absolute Gasteiger partial charge is 0.493 e. The smallest absolute Gasteiger partial charge is 0.321 e. The first-order chi connectivity index (χ1) is 14.2. The molecule has 1 atom stereocenters. The monoisotopic (exact) mass is 396 g/mol. The molecule has 2 heterocycles. The fourth-order valence-corrected chi connectivity index (χ4v) is 3.20. The number of rotatable bonds is 6. The molecule has 4 rings (SSSR count). The first kappa shape index (κ1) is 18.9. The highest BCUT2D eigenvalue weighted by atomic mass is 19.1. The van der Waals surface area contributed by atoms with Gasteiger partial charge in [-0.25, -0.2) is 9.18 Å². The van der Waals surface area contributed by atoms with Gasteiger partial charge in [0.05, 0.1) is 12.5 Å². The van der Waals surface area contributed by atoms with Gasteiger partial charge in [0, 0.05) is 25.2 Å². The van der Waals surface area contributed by atoms with Crippen LogP contribution >= 0.6 is 0 Å². The van der Waals surface area contributed by atoms with E-state index in [0.717, 1.165) is 12.1 Å². The molecule has 1 fully saturated rings. The number of hydrogen-bond donors (Lipinski definition) is 1. The Kier molecular flexibility index (Phi) is 5.69. The standard InChI is InChI=1S/C21H21FN4O3/c22-16-6-8-18(9-7-16)28-13-11-19-24-20(29-25-19)15-10-12-26(14-15)21(27)23-17-4-2-1-3-5-17/h1-9,15H,10-14H2,(H,23,27). The molecule has 1 aromatic heterocycles. The van der Waals surface area contributed by atoms with Gasteiger partial charge in [0.25, 0.3) is 0 Å². The second-order valence-corrected chi connectivity index (χ2v) is 6.83. The molecule has 2 amide bonds. The van der Waals surface area contributed by atoms with E-state index in [2.05, 4.69) is 15.5 Å². The molecule has 0 saturated carbocycles. The van der Waals surface area contributed by atoms with Gasteiger partial charge in [0.1, 0.15) is 11.6 Å². The third kappa shape index (κ3) is 4.90. The molecule has 7 nitrogen and oxygen atoms in total. The SMILES string of the molecule is O=C(Nc1ccccc1)N1CCC(c2nc(CCOc3ccc(F)cc3)no2)C1. The molecular weight excluding hydrogens is 375 g/mol. The first-order valence-corrected chi connectivity index (χ1v) is 9.49. The van der Waals surface area contributed by atoms with Gasteiger partial charge in [0.2, 0.25) is 5.89 Å². The summed E-state index contributed by atoms with van der Waals surface area (Å²) in [6.07, 6.45) is 1.25. The second-order valence-electron chi connectivity index (χ2n) is 6.83. The predicted octanol–water partition coefficient (Wildman–Crippen LogP) is 3.85. The van der Waals surface area contributed by atoms with Crippen molar-refractivity contribution < 1.29 is 18.4 Å². The Labute approximate surface area is 167 Å². The number of likely N-dealkylation sites (tertiary alicyclic amines) is 1. The van der Waals surface area contributed by atoms with Crippen LogP contribution in [-0.2, 0) is 6.42 Å². The van der Waals surface area contributed by atoms with Crippen LogP contribution in [0.15, 0.2) is 59.1 Å². The average molecular weight is 396 g/mol. The van der Waals surface area contributed by atoms with Crippen molar-refractivity contribution in [1.29, 1.82) is 0 Å². The number of carbonyl (C=O) groups excluding carboxylic acids is 1. The lowest BCUT2D eigenvalue weighted by Gasteiger charge is -2.16. The maximum absolute atomic E-state index is 12.9. The Morgan fingerprint density at radius 1 is 1.21 bits per heavy atom. The van der Waals surface area contributed by atoms with Gasteiger partial charge in [0.15, 0.2) is 5.82 Å². The van der Waals surface area contributed by atoms with E-state index in [-0.39, 0.29) is 17.8 Å². The van der Waals surface area contributed by atoms with Crippen LogP contribution in [0.1, 0.15) is 24.1 Å². The summed E-state index contributed by atoms with van der Waals surface area (Å²) in [5.41, 5.74) is 0.766. The highest BCUT2D eigenvalue weighted by molar-refractivity contribution is 5.89. The maximum atomic E-state index is 12.9. The lowest BCUT2D eigenvalue weighted by Crippen LogP contribution is -2.32. The summed E-state index contributed by atoms with van der Waals surface area (Å²) in [4.78, 5) is 18.6. The summed E-state index contributed by atoms with van der Waals surface area (Å²) >= 11 is 0. The fraction of sp³-hybridized carbons (Fsp3) is 0.286. The van der Waals surface area contributed by atoms with Crippen molar-refractivity contribution in [2.45, 2.75) is 18.8 Å². The van der Waals surface area contributed by atoms with E-state index in [0.29, 0.717) is 43.6 Å². The second kappa shape index (κ2) is 8.72. The van der Waals surface area contributed by atoms with Crippen LogP contribution in [-0.4, -0.2) is 40.8 Å². The Hall–Kier alpha value is -3.42. The Bertz CT molecular complexity index is 946. The number of nitrogens with zero attached hydrogens (tertiary/aromatic N) is 3. The van der Waals surface area contributed by atoms with E-state index in [1.54, 1.807) is 17.0 Å². The van der Waals surface area contributed by atoms with Crippen molar-refractivity contribution in [3.63, 3.8) is 0 Å². The summed E-state index contributed by atoms with van der Waals surface area (Å²) in [6.45, 7) is 1.53. The zero-order valence-corrected chi connectivity index (χ0v) is 15.8. The average Bonchev–Trinajstić information content (AvgIpc) is 3.40. The first-order valence-electron chi connectivity index (χ1n) is 9.49. The van der Waals surface area contributed by atoms with Gasteiger partial charge in [-0.2, -0.15) is 4.98 Å². The molecule has 1 aliphatic heterocycles. The Balaban J connectivity index is 1.26. The molecule has 150 valence electrons. The molecule has 8 heteroatoms. The minimum atomic E-state index is -0.303. The van der Waals surface area contributed by atoms with Crippen molar-refractivity contribution in [3.8, 4) is 5.75 Å². The Morgan fingerprint density at radius 2 is 2.00 bits per heavy atom. The molecule has 1 N–H and O–H groups in total. The van der Waals surface area contributed by atoms with Crippen molar-refractivity contribution in [2.75, 3.05) is 25.0 Å². The summed E-state index contributed by atoms with van der Waals surface area (Å²) in [5.74, 6) is 1.40. The van der Waals surface area contributed by atoms with E-state index in [9.17, 15) is 9.18 Å². The molecule has 1 saturated heterocycles. The third-order valence-corrected chi connectivity index (χ3v) is 4.74. The quantitative estimate of drug-likeness (QED) is 0.685. The number of hydrogen-bond acceptors (Lipinski definition) is 5. The third-order valence-electron chi connectivity index (χ3n) is 4.74. The summed E-state index contributed by atoms with van der Waals surface area (Å²) in [5, 5.41) is 6.89. The van der Waals surface area contributed by atoms with Gasteiger partial charge in [-0.3, -0.25) is 0 Å². The van der Waals surface area contributed by atoms with Crippen molar-refractivity contribution in [2.24, 2.45) is 0 Å². The minimum absolute atomic E-state index is 0.0239. The molecule has 0 spiro atoms. The van der Waals surface area contributed by atoms with Gasteiger partial charge >= 0.3 is 6.03 Å². The van der Waals surface area contributed by atoms with E-state index in [1.165, 1.54) is 12.1 Å². The summed E-state index contributed by atoms with van der Waals surface area (Å²) in [6, 6.07) is 15.1. The molecule has 3 aromatic rings. The van der Waals surface area contributed by atoms with E-state index in [4.69, 9.17) is 9.26 Å². The number of urea groups is 1. The van der Waals surface area contributed by atoms with Gasteiger partial charge < -0.3 is 19.5 Å². The number of nitrogens with one attached hydrogen (secondary N) is 1. The zero-order chi connectivity index (χ0) is 20.1. The molecule has 0 radical (unpaired) electrons. The fourth-order valence-electron chi connectivity index (χ4n) is 3.20. The number of carbonyl (C=O) groups is 1. The molecule has 2 aromatic carbocycles. The minimum Gasteiger partial charge on any atom is -0.493 e. The van der Waals surface area contributed by atoms with Crippen molar-refractivity contribution in [1.82, 2.24) is 15.0 Å². The van der Waals surface area contributed by atoms with Crippen LogP contribution in [0.3, 0.4) is 0 Å². The molecular formula is C21H21FN4O3. The van der Waals surface area contributed by atoms with Crippen LogP contribution in [0, 0.1) is 5.82 Å². The summed E-state index contributed by atoms with van der Waals surface area (Å²) < 4.78 is 23.8. The van der Waals surface area contributed by atoms with E-state index < -0.39 is 0 Å². The van der Waals surface area contributed by atoms with E-state index >= 15 is 0 Å². The maximum Gasteiger partial charge on any atom is 0.321 e. The number of benzene rings is 2. The topological polar surface area (TPSA) is 80.5 Å². The lowest BCUT2D eigenvalue weighted by molar-refractivity contribution is 0.221. The van der Waals surface area contributed by atoms with Crippen LogP contribution in [0.2, 0.25) is 0 Å². The van der Waals surface area contributed by atoms with Gasteiger partial charge in [-0.15, -0.1) is 0 Å². The van der Waals surface area contributed by atoms with Gasteiger partial charge in [-0.1, -0.05) is 23.4 Å². The number of ether oxygens (including phenoxy) is 1. The number of para-hydroxylation sites is 1. The lowest BCUT2D eigenvalue weighted by atomic mass is 10.1. The number of amides is 2. The van der Waals surface area contributed by atoms with Crippen LogP contribution < -0.4 is 10.1 Å². The van der Waals surface area contributed by atoms with Crippen molar-refractivity contribution >= 4 is 11.7 Å². The predicted molar refractivity (Wildman–Crippen MR) is 104 cm³/mol. The van der Waals surface area contributed by atoms with Crippen LogP contribution in [0.5, 0.6) is 5.75 Å². The molecule has 29 heavy (non-hydrogen) atoms. The van der Waals surface area contributed by atoms with Gasteiger partial charge in [-0.05, 0) is 42.8 Å². The zero-order valence-electron chi connectivity index (χ0n) is 15.8. The normalized spacial score (nSPS) is 16.0. The molecule has 1 unspecified atom stereocenters. The number of halogens is 1. The molecule has 1 aliphatic rings. The summed E-state index contributed by atoms with van der Waals surface area (Å²) in [7, 11) is 0. The Morgan fingerprint density at radius 3 is 2.79 bits per heavy atom. The highest BCUT2D eigenvalue weighted by Crippen LogP contribution is 2.26. The van der Waals surface area contributed by atoms with Crippen molar-refractivity contribution in [3.05, 3.63) is 72.1 Å². The molecule has 0 aliphatic carbocycles. The molecule has 0 bridgehead atoms. The number of anilines is 1. The van der Waals surface area contributed by atoms with Crippen LogP contribution in [0.4, 0.5) is 14.9 Å². The number of aromatic nitrogens is 2.